The number of halogens is 1. The fourth-order valence-corrected chi connectivity index (χ4v) is 2.81. The number of carbonyl (C=O) groups excluding carboxylic acids is 1. The molecule has 0 unspecified atom stereocenters. The zero-order valence-electron chi connectivity index (χ0n) is 12.6. The van der Waals surface area contributed by atoms with Gasteiger partial charge in [0.25, 0.3) is 0 Å². The number of rotatable bonds is 6. The van der Waals surface area contributed by atoms with Gasteiger partial charge in [-0.3, -0.25) is 4.79 Å². The predicted molar refractivity (Wildman–Crippen MR) is 83.7 cm³/mol. The maximum Gasteiger partial charge on any atom is 0.167 e. The smallest absolute Gasteiger partial charge is 0.167 e. The normalized spacial score (nSPS) is 15.8. The van der Waals surface area contributed by atoms with Crippen LogP contribution in [0, 0.1) is 5.92 Å². The van der Waals surface area contributed by atoms with Crippen molar-refractivity contribution in [2.75, 3.05) is 26.3 Å². The van der Waals surface area contributed by atoms with Gasteiger partial charge in [-0.1, -0.05) is 11.6 Å². The monoisotopic (exact) mass is 311 g/mol. The fraction of sp³-hybridized carbons (Fsp3) is 0.562. The number of Topliss-reactive ketones (excluding diaryl/α,β-unsaturated/α-hetero) is 1. The summed E-state index contributed by atoms with van der Waals surface area (Å²) in [5.74, 6) is 1.31. The lowest BCUT2D eigenvalue weighted by Crippen LogP contribution is -2.32. The lowest BCUT2D eigenvalue weighted by atomic mass is 9.89. The predicted octanol–water partition coefficient (Wildman–Crippen LogP) is 3.32. The Bertz CT molecular complexity index is 499. The standard InChI is InChI=1S/C16H22ClNO3/c1-3-20-14-9-12(13(17)10-15(14)21-4-2)16(19)11-5-7-18-8-6-11/h9-11,18H,3-8H2,1-2H3. The number of ether oxygens (including phenoxy) is 2. The van der Waals surface area contributed by atoms with Crippen LogP contribution in [0.3, 0.4) is 0 Å². The summed E-state index contributed by atoms with van der Waals surface area (Å²) in [4.78, 5) is 12.6. The van der Waals surface area contributed by atoms with Gasteiger partial charge < -0.3 is 14.8 Å². The molecule has 0 atom stereocenters. The van der Waals surface area contributed by atoms with Crippen LogP contribution in [0.4, 0.5) is 0 Å². The Morgan fingerprint density at radius 1 is 1.19 bits per heavy atom. The van der Waals surface area contributed by atoms with Crippen molar-refractivity contribution < 1.29 is 14.3 Å². The molecule has 0 bridgehead atoms. The van der Waals surface area contributed by atoms with Crippen molar-refractivity contribution in [2.24, 2.45) is 5.92 Å². The first-order valence-corrected chi connectivity index (χ1v) is 7.89. The van der Waals surface area contributed by atoms with Gasteiger partial charge in [0.1, 0.15) is 0 Å². The van der Waals surface area contributed by atoms with E-state index in [1.807, 2.05) is 13.8 Å². The van der Waals surface area contributed by atoms with Crippen LogP contribution in [-0.4, -0.2) is 32.1 Å². The molecule has 1 aliphatic rings. The number of nitrogens with one attached hydrogen (secondary N) is 1. The van der Waals surface area contributed by atoms with Crippen molar-refractivity contribution in [2.45, 2.75) is 26.7 Å². The molecule has 5 heteroatoms. The number of benzene rings is 1. The van der Waals surface area contributed by atoms with Crippen LogP contribution in [0.5, 0.6) is 11.5 Å². The Labute approximate surface area is 130 Å². The van der Waals surface area contributed by atoms with Gasteiger partial charge in [-0.05, 0) is 45.8 Å². The molecule has 1 aromatic carbocycles. The number of ketones is 1. The Morgan fingerprint density at radius 2 is 1.76 bits per heavy atom. The second kappa shape index (κ2) is 7.66. The van der Waals surface area contributed by atoms with E-state index in [1.165, 1.54) is 0 Å². The van der Waals surface area contributed by atoms with Gasteiger partial charge in [0.05, 0.1) is 18.2 Å². The van der Waals surface area contributed by atoms with Gasteiger partial charge in [-0.15, -0.1) is 0 Å². The molecule has 21 heavy (non-hydrogen) atoms. The van der Waals surface area contributed by atoms with Gasteiger partial charge in [-0.2, -0.15) is 0 Å². The quantitative estimate of drug-likeness (QED) is 0.819. The molecule has 1 fully saturated rings. The molecule has 0 amide bonds. The van der Waals surface area contributed by atoms with Gasteiger partial charge in [0.15, 0.2) is 17.3 Å². The van der Waals surface area contributed by atoms with Crippen LogP contribution in [0.1, 0.15) is 37.0 Å². The summed E-state index contributed by atoms with van der Waals surface area (Å²) in [5.41, 5.74) is 0.537. The molecule has 1 N–H and O–H groups in total. The fourth-order valence-electron chi connectivity index (χ4n) is 2.56. The maximum atomic E-state index is 12.6. The van der Waals surface area contributed by atoms with E-state index in [-0.39, 0.29) is 11.7 Å². The molecule has 0 radical (unpaired) electrons. The van der Waals surface area contributed by atoms with E-state index >= 15 is 0 Å². The summed E-state index contributed by atoms with van der Waals surface area (Å²) < 4.78 is 11.1. The molecular weight excluding hydrogens is 290 g/mol. The summed E-state index contributed by atoms with van der Waals surface area (Å²) in [6, 6.07) is 3.41. The van der Waals surface area contributed by atoms with Gasteiger partial charge in [-0.25, -0.2) is 0 Å². The Balaban J connectivity index is 2.29. The lowest BCUT2D eigenvalue weighted by molar-refractivity contribution is 0.0894. The number of piperidine rings is 1. The molecule has 0 spiro atoms. The highest BCUT2D eigenvalue weighted by molar-refractivity contribution is 6.34. The molecule has 0 aromatic heterocycles. The molecule has 1 aliphatic heterocycles. The van der Waals surface area contributed by atoms with Crippen LogP contribution in [0.2, 0.25) is 5.02 Å². The van der Waals surface area contributed by atoms with Crippen molar-refractivity contribution in [1.29, 1.82) is 0 Å². The van der Waals surface area contributed by atoms with Crippen LogP contribution >= 0.6 is 11.6 Å². The first-order chi connectivity index (χ1) is 10.2. The molecule has 1 saturated heterocycles. The summed E-state index contributed by atoms with van der Waals surface area (Å²) in [6.45, 7) is 6.60. The van der Waals surface area contributed by atoms with E-state index in [1.54, 1.807) is 12.1 Å². The molecule has 1 aromatic rings. The van der Waals surface area contributed by atoms with E-state index in [2.05, 4.69) is 5.32 Å². The second-order valence-corrected chi connectivity index (χ2v) is 5.44. The minimum Gasteiger partial charge on any atom is -0.490 e. The highest BCUT2D eigenvalue weighted by Gasteiger charge is 2.25. The summed E-state index contributed by atoms with van der Waals surface area (Å²) >= 11 is 6.28. The summed E-state index contributed by atoms with van der Waals surface area (Å²) in [6.07, 6.45) is 1.71. The Kier molecular flexibility index (Phi) is 5.88. The molecule has 1 heterocycles. The van der Waals surface area contributed by atoms with Crippen molar-refractivity contribution in [3.8, 4) is 11.5 Å². The highest BCUT2D eigenvalue weighted by Crippen LogP contribution is 2.35. The SMILES string of the molecule is CCOc1cc(Cl)c(C(=O)C2CCNCC2)cc1OCC. The zero-order chi connectivity index (χ0) is 15.2. The number of hydrogen-bond acceptors (Lipinski definition) is 4. The van der Waals surface area contributed by atoms with Crippen LogP contribution in [-0.2, 0) is 0 Å². The van der Waals surface area contributed by atoms with E-state index in [0.717, 1.165) is 25.9 Å². The number of carbonyl (C=O) groups is 1. The molecular formula is C16H22ClNO3. The highest BCUT2D eigenvalue weighted by atomic mass is 35.5. The summed E-state index contributed by atoms with van der Waals surface area (Å²) in [7, 11) is 0. The average Bonchev–Trinajstić information content (AvgIpc) is 2.50. The van der Waals surface area contributed by atoms with E-state index in [9.17, 15) is 4.79 Å². The topological polar surface area (TPSA) is 47.6 Å². The van der Waals surface area contributed by atoms with Crippen LogP contribution in [0.25, 0.3) is 0 Å². The average molecular weight is 312 g/mol. The van der Waals surface area contributed by atoms with Crippen molar-refractivity contribution in [3.05, 3.63) is 22.7 Å². The Morgan fingerprint density at radius 3 is 2.33 bits per heavy atom. The maximum absolute atomic E-state index is 12.6. The van der Waals surface area contributed by atoms with Crippen molar-refractivity contribution >= 4 is 17.4 Å². The Hall–Kier alpha value is -1.26. The van der Waals surface area contributed by atoms with Crippen molar-refractivity contribution in [1.82, 2.24) is 5.32 Å². The zero-order valence-corrected chi connectivity index (χ0v) is 13.3. The van der Waals surface area contributed by atoms with E-state index in [4.69, 9.17) is 21.1 Å². The molecule has 116 valence electrons. The largest absolute Gasteiger partial charge is 0.490 e. The third-order valence-corrected chi connectivity index (χ3v) is 3.92. The first-order valence-electron chi connectivity index (χ1n) is 7.51. The van der Waals surface area contributed by atoms with Crippen molar-refractivity contribution in [3.63, 3.8) is 0 Å². The van der Waals surface area contributed by atoms with E-state index in [0.29, 0.717) is 35.3 Å². The molecule has 2 rings (SSSR count). The molecule has 4 nitrogen and oxygen atoms in total. The van der Waals surface area contributed by atoms with E-state index < -0.39 is 0 Å². The van der Waals surface area contributed by atoms with Gasteiger partial charge in [0.2, 0.25) is 0 Å². The van der Waals surface area contributed by atoms with Gasteiger partial charge >= 0.3 is 0 Å². The number of hydrogen-bond donors (Lipinski definition) is 1. The third kappa shape index (κ3) is 3.89. The third-order valence-electron chi connectivity index (χ3n) is 3.61. The molecule has 0 aliphatic carbocycles. The first kappa shape index (κ1) is 16.1. The van der Waals surface area contributed by atoms with Crippen LogP contribution in [0.15, 0.2) is 12.1 Å². The van der Waals surface area contributed by atoms with Crippen LogP contribution < -0.4 is 14.8 Å². The second-order valence-electron chi connectivity index (χ2n) is 5.03. The molecule has 0 saturated carbocycles. The minimum atomic E-state index is 0.0381. The minimum absolute atomic E-state index is 0.0381. The van der Waals surface area contributed by atoms with Gasteiger partial charge in [0, 0.05) is 17.5 Å². The lowest BCUT2D eigenvalue weighted by Gasteiger charge is -2.22. The summed E-state index contributed by atoms with van der Waals surface area (Å²) in [5, 5.41) is 3.70.